The normalized spacial score (nSPS) is 14.5. The van der Waals surface area contributed by atoms with Gasteiger partial charge in [-0.15, -0.1) is 0 Å². The van der Waals surface area contributed by atoms with Gasteiger partial charge in [-0.25, -0.2) is 0 Å². The number of benzene rings is 2. The lowest BCUT2D eigenvalue weighted by atomic mass is 10.2. The van der Waals surface area contributed by atoms with Crippen LogP contribution in [0.15, 0.2) is 42.5 Å². The average Bonchev–Trinajstić information content (AvgIpc) is 3.18. The van der Waals surface area contributed by atoms with Crippen LogP contribution in [0, 0.1) is 0 Å². The van der Waals surface area contributed by atoms with Gasteiger partial charge in [0, 0.05) is 31.6 Å². The Bertz CT molecular complexity index is 919. The fourth-order valence-corrected chi connectivity index (χ4v) is 4.43. The van der Waals surface area contributed by atoms with Crippen molar-refractivity contribution in [3.63, 3.8) is 0 Å². The van der Waals surface area contributed by atoms with Gasteiger partial charge in [-0.1, -0.05) is 31.5 Å². The molecule has 0 radical (unpaired) electrons. The van der Waals surface area contributed by atoms with Crippen LogP contribution in [0.4, 0.5) is 11.5 Å². The second-order valence-corrected chi connectivity index (χ2v) is 7.79. The van der Waals surface area contributed by atoms with Crippen LogP contribution in [0.5, 0.6) is 11.5 Å². The second-order valence-electron chi connectivity index (χ2n) is 6.99. The van der Waals surface area contributed by atoms with E-state index < -0.39 is 0 Å². The third-order valence-corrected chi connectivity index (χ3v) is 6.02. The van der Waals surface area contributed by atoms with Crippen LogP contribution in [0.1, 0.15) is 19.8 Å². The van der Waals surface area contributed by atoms with E-state index in [1.807, 2.05) is 12.1 Å². The van der Waals surface area contributed by atoms with E-state index in [2.05, 4.69) is 47.1 Å². The predicted molar refractivity (Wildman–Crippen MR) is 117 cm³/mol. The quantitative estimate of drug-likeness (QED) is 0.535. The van der Waals surface area contributed by atoms with Gasteiger partial charge >= 0.3 is 0 Å². The number of hydrogen-bond donors (Lipinski definition) is 0. The summed E-state index contributed by atoms with van der Waals surface area (Å²) in [6.07, 6.45) is 2.16. The molecule has 0 saturated carbocycles. The fraction of sp³-hybridized carbons (Fsp3) is 0.409. The van der Waals surface area contributed by atoms with Gasteiger partial charge in [0.15, 0.2) is 11.5 Å². The summed E-state index contributed by atoms with van der Waals surface area (Å²) < 4.78 is 17.6. The minimum absolute atomic E-state index is 0.717. The van der Waals surface area contributed by atoms with E-state index in [4.69, 9.17) is 13.8 Å². The molecule has 0 unspecified atom stereocenters. The molecule has 6 heteroatoms. The molecule has 5 nitrogen and oxygen atoms in total. The summed E-state index contributed by atoms with van der Waals surface area (Å²) in [5.41, 5.74) is 1.12. The van der Waals surface area contributed by atoms with Gasteiger partial charge in [-0.05, 0) is 42.2 Å². The lowest BCUT2D eigenvalue weighted by molar-refractivity contribution is 0.288. The van der Waals surface area contributed by atoms with Gasteiger partial charge in [0.1, 0.15) is 5.82 Å². The number of hydrogen-bond acceptors (Lipinski definition) is 6. The molecule has 3 aromatic rings. The van der Waals surface area contributed by atoms with Gasteiger partial charge in [0.2, 0.25) is 0 Å². The Hall–Kier alpha value is -2.47. The number of para-hydroxylation sites is 1. The molecular formula is C22H27N3O2S. The molecule has 28 heavy (non-hydrogen) atoms. The molecule has 148 valence electrons. The maximum atomic E-state index is 6.12. The van der Waals surface area contributed by atoms with E-state index in [0.717, 1.165) is 62.0 Å². The minimum Gasteiger partial charge on any atom is -0.493 e. The zero-order valence-electron chi connectivity index (χ0n) is 16.6. The monoisotopic (exact) mass is 397 g/mol. The highest BCUT2D eigenvalue weighted by Gasteiger charge is 2.24. The summed E-state index contributed by atoms with van der Waals surface area (Å²) >= 11 is 1.58. The number of fused-ring (bicyclic) bond motifs is 1. The fourth-order valence-electron chi connectivity index (χ4n) is 3.64. The highest BCUT2D eigenvalue weighted by Crippen LogP contribution is 2.39. The van der Waals surface area contributed by atoms with Crippen molar-refractivity contribution in [2.75, 3.05) is 49.7 Å². The standard InChI is InChI=1S/C22H27N3O2S/c1-3-4-16-27-21-18(9-7-10-19(21)26-2)24-12-14-25(15-13-24)22-17-8-5-6-11-20(17)28-23-22/h5-11H,3-4,12-16H2,1-2H3. The number of piperazine rings is 1. The maximum Gasteiger partial charge on any atom is 0.184 e. The molecule has 1 saturated heterocycles. The molecule has 1 aliphatic heterocycles. The largest absolute Gasteiger partial charge is 0.493 e. The summed E-state index contributed by atoms with van der Waals surface area (Å²) in [4.78, 5) is 4.79. The van der Waals surface area contributed by atoms with Crippen LogP contribution < -0.4 is 19.3 Å². The third-order valence-electron chi connectivity index (χ3n) is 5.20. The Morgan fingerprint density at radius 1 is 1.00 bits per heavy atom. The highest BCUT2D eigenvalue weighted by molar-refractivity contribution is 7.13. The Morgan fingerprint density at radius 2 is 1.79 bits per heavy atom. The van der Waals surface area contributed by atoms with Crippen LogP contribution in [0.3, 0.4) is 0 Å². The molecule has 0 N–H and O–H groups in total. The number of nitrogens with zero attached hydrogens (tertiary/aromatic N) is 3. The molecular weight excluding hydrogens is 370 g/mol. The van der Waals surface area contributed by atoms with E-state index in [1.165, 1.54) is 10.1 Å². The minimum atomic E-state index is 0.717. The van der Waals surface area contributed by atoms with Gasteiger partial charge in [-0.3, -0.25) is 0 Å². The molecule has 0 atom stereocenters. The summed E-state index contributed by atoms with van der Waals surface area (Å²) in [6, 6.07) is 14.6. The molecule has 0 spiro atoms. The zero-order chi connectivity index (χ0) is 19.3. The second kappa shape index (κ2) is 8.69. The zero-order valence-corrected chi connectivity index (χ0v) is 17.4. The van der Waals surface area contributed by atoms with Gasteiger partial charge in [0.05, 0.1) is 24.1 Å². The first-order valence-electron chi connectivity index (χ1n) is 9.96. The Labute approximate surface area is 170 Å². The molecule has 2 heterocycles. The molecule has 2 aromatic carbocycles. The smallest absolute Gasteiger partial charge is 0.184 e. The van der Waals surface area contributed by atoms with Crippen molar-refractivity contribution in [3.8, 4) is 11.5 Å². The third kappa shape index (κ3) is 3.74. The number of aromatic nitrogens is 1. The Morgan fingerprint density at radius 3 is 2.57 bits per heavy atom. The SMILES string of the molecule is CCCCOc1c(OC)cccc1N1CCN(c2nsc3ccccc23)CC1. The first-order valence-corrected chi connectivity index (χ1v) is 10.7. The number of anilines is 2. The number of rotatable bonds is 7. The van der Waals surface area contributed by atoms with E-state index >= 15 is 0 Å². The molecule has 0 aliphatic carbocycles. The van der Waals surface area contributed by atoms with Crippen LogP contribution in [0.2, 0.25) is 0 Å². The summed E-state index contributed by atoms with van der Waals surface area (Å²) in [7, 11) is 1.71. The van der Waals surface area contributed by atoms with Crippen molar-refractivity contribution >= 4 is 33.1 Å². The number of ether oxygens (including phenoxy) is 2. The average molecular weight is 398 g/mol. The topological polar surface area (TPSA) is 37.8 Å². The van der Waals surface area contributed by atoms with E-state index in [1.54, 1.807) is 18.6 Å². The first kappa shape index (κ1) is 18.9. The van der Waals surface area contributed by atoms with Gasteiger partial charge in [0.25, 0.3) is 0 Å². The van der Waals surface area contributed by atoms with Crippen LogP contribution in [0.25, 0.3) is 10.1 Å². The lowest BCUT2D eigenvalue weighted by Crippen LogP contribution is -2.46. The number of unbranched alkanes of at least 4 members (excludes halogenated alkanes) is 1. The lowest BCUT2D eigenvalue weighted by Gasteiger charge is -2.37. The van der Waals surface area contributed by atoms with Gasteiger partial charge < -0.3 is 19.3 Å². The molecule has 1 aliphatic rings. The molecule has 0 bridgehead atoms. The van der Waals surface area contributed by atoms with Crippen LogP contribution >= 0.6 is 11.5 Å². The van der Waals surface area contributed by atoms with E-state index in [-0.39, 0.29) is 0 Å². The molecule has 0 amide bonds. The van der Waals surface area contributed by atoms with Crippen molar-refractivity contribution in [2.45, 2.75) is 19.8 Å². The Balaban J connectivity index is 1.50. The summed E-state index contributed by atoms with van der Waals surface area (Å²) in [6.45, 7) is 6.65. The van der Waals surface area contributed by atoms with Gasteiger partial charge in [-0.2, -0.15) is 4.37 Å². The van der Waals surface area contributed by atoms with E-state index in [9.17, 15) is 0 Å². The van der Waals surface area contributed by atoms with Crippen molar-refractivity contribution in [2.24, 2.45) is 0 Å². The van der Waals surface area contributed by atoms with Crippen LogP contribution in [-0.2, 0) is 0 Å². The molecule has 1 fully saturated rings. The highest BCUT2D eigenvalue weighted by atomic mass is 32.1. The predicted octanol–water partition coefficient (Wildman–Crippen LogP) is 4.81. The van der Waals surface area contributed by atoms with E-state index in [0.29, 0.717) is 6.61 Å². The number of methoxy groups -OCH3 is 1. The van der Waals surface area contributed by atoms with Crippen LogP contribution in [-0.4, -0.2) is 44.3 Å². The van der Waals surface area contributed by atoms with Crippen molar-refractivity contribution < 1.29 is 9.47 Å². The molecule has 4 rings (SSSR count). The van der Waals surface area contributed by atoms with Crippen molar-refractivity contribution in [1.82, 2.24) is 4.37 Å². The van der Waals surface area contributed by atoms with Crippen molar-refractivity contribution in [1.29, 1.82) is 0 Å². The molecule has 1 aromatic heterocycles. The summed E-state index contributed by atoms with van der Waals surface area (Å²) in [5.74, 6) is 2.79. The maximum absolute atomic E-state index is 6.12. The first-order chi connectivity index (χ1) is 13.8. The Kier molecular flexibility index (Phi) is 5.86. The van der Waals surface area contributed by atoms with Crippen molar-refractivity contribution in [3.05, 3.63) is 42.5 Å². The summed E-state index contributed by atoms with van der Waals surface area (Å²) in [5, 5.41) is 1.26.